The maximum Gasteiger partial charge on any atom is 0.238 e. The highest BCUT2D eigenvalue weighted by atomic mass is 15.2. The Morgan fingerprint density at radius 1 is 0.291 bits per heavy atom. The second kappa shape index (κ2) is 13.8. The molecule has 8 aromatic carbocycles. The van der Waals surface area contributed by atoms with E-state index in [-0.39, 0.29) is 0 Å². The smallest absolute Gasteiger partial charge is 0.238 e. The Balaban J connectivity index is 1.27. The largest absolute Gasteiger partial charge is 0.278 e. The summed E-state index contributed by atoms with van der Waals surface area (Å²) in [6, 6.07) is 72.4. The summed E-state index contributed by atoms with van der Waals surface area (Å²) in [5.74, 6) is 1.82. The first-order valence-corrected chi connectivity index (χ1v) is 18.5. The van der Waals surface area contributed by atoms with E-state index in [4.69, 9.17) is 15.0 Å². The van der Waals surface area contributed by atoms with E-state index < -0.39 is 0 Å². The van der Waals surface area contributed by atoms with E-state index in [1.165, 1.54) is 16.7 Å². The van der Waals surface area contributed by atoms with Gasteiger partial charge in [0.05, 0.1) is 11.0 Å². The van der Waals surface area contributed by atoms with E-state index in [0.29, 0.717) is 17.6 Å². The maximum absolute atomic E-state index is 5.22. The minimum atomic E-state index is 0.568. The van der Waals surface area contributed by atoms with Crippen LogP contribution in [0, 0.1) is 0 Å². The predicted molar refractivity (Wildman–Crippen MR) is 227 cm³/mol. The van der Waals surface area contributed by atoms with Crippen LogP contribution in [0.1, 0.15) is 0 Å². The normalized spacial score (nSPS) is 11.3. The number of fused-ring (bicyclic) bond motifs is 3. The van der Waals surface area contributed by atoms with Gasteiger partial charge in [-0.15, -0.1) is 0 Å². The number of rotatable bonds is 7. The fourth-order valence-corrected chi connectivity index (χ4v) is 7.69. The number of hydrogen-bond acceptors (Lipinski definition) is 3. The monoisotopic (exact) mass is 702 g/mol. The van der Waals surface area contributed by atoms with Gasteiger partial charge in [-0.1, -0.05) is 182 Å². The molecule has 0 saturated heterocycles. The van der Waals surface area contributed by atoms with Gasteiger partial charge in [-0.3, -0.25) is 4.57 Å². The van der Waals surface area contributed by atoms with Crippen LogP contribution in [0.25, 0.3) is 95.0 Å². The molecule has 0 aliphatic rings. The van der Waals surface area contributed by atoms with Crippen LogP contribution in [-0.4, -0.2) is 19.5 Å². The van der Waals surface area contributed by atoms with E-state index in [2.05, 4.69) is 174 Å². The Kier molecular flexibility index (Phi) is 8.12. The van der Waals surface area contributed by atoms with Gasteiger partial charge in [-0.2, -0.15) is 9.97 Å². The second-order valence-electron chi connectivity index (χ2n) is 13.6. The van der Waals surface area contributed by atoms with Crippen molar-refractivity contribution in [1.29, 1.82) is 0 Å². The lowest BCUT2D eigenvalue weighted by molar-refractivity contribution is 0.953. The molecule has 10 rings (SSSR count). The highest BCUT2D eigenvalue weighted by Gasteiger charge is 2.22. The minimum Gasteiger partial charge on any atom is -0.278 e. The van der Waals surface area contributed by atoms with Gasteiger partial charge >= 0.3 is 0 Å². The van der Waals surface area contributed by atoms with Crippen molar-refractivity contribution in [2.45, 2.75) is 0 Å². The Hall–Kier alpha value is -7.43. The molecule has 0 unspecified atom stereocenters. The summed E-state index contributed by atoms with van der Waals surface area (Å²) in [5.41, 5.74) is 13.2. The average Bonchev–Trinajstić information content (AvgIpc) is 3.61. The van der Waals surface area contributed by atoms with Crippen molar-refractivity contribution in [2.75, 3.05) is 0 Å². The highest BCUT2D eigenvalue weighted by molar-refractivity contribution is 6.17. The number of hydrogen-bond donors (Lipinski definition) is 0. The zero-order valence-electron chi connectivity index (χ0n) is 29.9. The Labute approximate surface area is 319 Å². The van der Waals surface area contributed by atoms with Gasteiger partial charge in [0, 0.05) is 21.9 Å². The fraction of sp³-hybridized carbons (Fsp3) is 0. The molecule has 10 aromatic rings. The van der Waals surface area contributed by atoms with Crippen molar-refractivity contribution in [2.24, 2.45) is 0 Å². The Morgan fingerprint density at radius 3 is 1.42 bits per heavy atom. The van der Waals surface area contributed by atoms with Gasteiger partial charge in [0.15, 0.2) is 11.6 Å². The molecule has 258 valence electrons. The van der Waals surface area contributed by atoms with Crippen molar-refractivity contribution in [3.05, 3.63) is 206 Å². The molecule has 0 bridgehead atoms. The lowest BCUT2D eigenvalue weighted by Crippen LogP contribution is -2.06. The SMILES string of the molecule is c1ccc(-c2cccc(-c3ccccc3-c3cc(-c4ccccc4)c4c5ccccc5n(-c5nc(-c6ccccc6)nc(-c6ccccc6)n5)c4c3)c2)cc1. The number of para-hydroxylation sites is 1. The average molecular weight is 703 g/mol. The summed E-state index contributed by atoms with van der Waals surface area (Å²) in [6.07, 6.45) is 0. The van der Waals surface area contributed by atoms with Crippen LogP contribution < -0.4 is 0 Å². The molecule has 0 atom stereocenters. The van der Waals surface area contributed by atoms with Gasteiger partial charge in [-0.25, -0.2) is 4.98 Å². The zero-order valence-corrected chi connectivity index (χ0v) is 29.9. The molecule has 0 saturated carbocycles. The summed E-state index contributed by atoms with van der Waals surface area (Å²) in [5, 5.41) is 2.28. The third-order valence-corrected chi connectivity index (χ3v) is 10.3. The number of nitrogens with zero attached hydrogens (tertiary/aromatic N) is 4. The minimum absolute atomic E-state index is 0.568. The molecular formula is C51H34N4. The summed E-state index contributed by atoms with van der Waals surface area (Å²) in [6.45, 7) is 0. The first-order chi connectivity index (χ1) is 27.3. The molecule has 2 heterocycles. The molecule has 0 aliphatic carbocycles. The molecule has 4 nitrogen and oxygen atoms in total. The lowest BCUT2D eigenvalue weighted by Gasteiger charge is -2.15. The lowest BCUT2D eigenvalue weighted by atomic mass is 9.90. The van der Waals surface area contributed by atoms with E-state index in [1.807, 2.05) is 36.4 Å². The van der Waals surface area contributed by atoms with E-state index in [1.54, 1.807) is 0 Å². The maximum atomic E-state index is 5.22. The van der Waals surface area contributed by atoms with Crippen LogP contribution >= 0.6 is 0 Å². The standard InChI is InChI=1S/C51H34N4/c1-5-18-35(19-6-1)39-26-17-27-40(32-39)42-28-13-14-29-43(42)41-33-45(36-20-7-2-8-21-36)48-44-30-15-16-31-46(44)55(47(48)34-41)51-53-49(37-22-9-3-10-23-37)52-50(54-51)38-24-11-4-12-25-38/h1-34H. The second-order valence-corrected chi connectivity index (χ2v) is 13.6. The molecule has 4 heteroatoms. The third-order valence-electron chi connectivity index (χ3n) is 10.3. The third kappa shape index (κ3) is 5.96. The van der Waals surface area contributed by atoms with E-state index in [0.717, 1.165) is 60.8 Å². The molecule has 2 aromatic heterocycles. The zero-order chi connectivity index (χ0) is 36.6. The van der Waals surface area contributed by atoms with Crippen molar-refractivity contribution in [3.8, 4) is 73.2 Å². The quantitative estimate of drug-likeness (QED) is 0.166. The van der Waals surface area contributed by atoms with Crippen molar-refractivity contribution < 1.29 is 0 Å². The number of benzene rings is 8. The van der Waals surface area contributed by atoms with Crippen molar-refractivity contribution in [3.63, 3.8) is 0 Å². The van der Waals surface area contributed by atoms with E-state index in [9.17, 15) is 0 Å². The van der Waals surface area contributed by atoms with Crippen LogP contribution in [0.4, 0.5) is 0 Å². The van der Waals surface area contributed by atoms with Crippen LogP contribution in [0.15, 0.2) is 206 Å². The van der Waals surface area contributed by atoms with Crippen LogP contribution in [0.3, 0.4) is 0 Å². The molecule has 0 amide bonds. The molecule has 55 heavy (non-hydrogen) atoms. The first-order valence-electron chi connectivity index (χ1n) is 18.5. The van der Waals surface area contributed by atoms with Crippen molar-refractivity contribution >= 4 is 21.8 Å². The summed E-state index contributed by atoms with van der Waals surface area (Å²) >= 11 is 0. The van der Waals surface area contributed by atoms with Gasteiger partial charge in [0.25, 0.3) is 0 Å². The topological polar surface area (TPSA) is 43.6 Å². The molecular weight excluding hydrogens is 669 g/mol. The first kappa shape index (κ1) is 32.2. The molecule has 0 fully saturated rings. The Morgan fingerprint density at radius 2 is 0.782 bits per heavy atom. The van der Waals surface area contributed by atoms with Gasteiger partial charge in [0.2, 0.25) is 5.95 Å². The van der Waals surface area contributed by atoms with E-state index >= 15 is 0 Å². The predicted octanol–water partition coefficient (Wildman–Crippen LogP) is 13.0. The van der Waals surface area contributed by atoms with Gasteiger partial charge in [-0.05, 0) is 68.8 Å². The van der Waals surface area contributed by atoms with Gasteiger partial charge in [0.1, 0.15) is 0 Å². The molecule has 0 spiro atoms. The molecule has 0 radical (unpaired) electrons. The summed E-state index contributed by atoms with van der Waals surface area (Å²) in [7, 11) is 0. The van der Waals surface area contributed by atoms with Crippen molar-refractivity contribution in [1.82, 2.24) is 19.5 Å². The molecule has 0 aliphatic heterocycles. The summed E-state index contributed by atoms with van der Waals surface area (Å²) in [4.78, 5) is 15.5. The summed E-state index contributed by atoms with van der Waals surface area (Å²) < 4.78 is 2.22. The van der Waals surface area contributed by atoms with Crippen LogP contribution in [-0.2, 0) is 0 Å². The van der Waals surface area contributed by atoms with Crippen LogP contribution in [0.5, 0.6) is 0 Å². The molecule has 0 N–H and O–H groups in total. The van der Waals surface area contributed by atoms with Gasteiger partial charge < -0.3 is 0 Å². The Bertz CT molecular complexity index is 2900. The highest BCUT2D eigenvalue weighted by Crippen LogP contribution is 2.43. The number of aromatic nitrogens is 4. The fourth-order valence-electron chi connectivity index (χ4n) is 7.69. The van der Waals surface area contributed by atoms with Crippen LogP contribution in [0.2, 0.25) is 0 Å².